The van der Waals surface area contributed by atoms with Crippen molar-refractivity contribution in [3.63, 3.8) is 0 Å². The molecule has 0 saturated carbocycles. The third kappa shape index (κ3) is 6.19. The minimum Gasteiger partial charge on any atom is -0.458 e. The Morgan fingerprint density at radius 3 is 2.50 bits per heavy atom. The molecule has 16 heavy (non-hydrogen) atoms. The minimum atomic E-state index is -3.37. The Kier molecular flexibility index (Phi) is 5.74. The molecule has 0 aliphatic rings. The van der Waals surface area contributed by atoms with Gasteiger partial charge in [-0.25, -0.2) is 13.2 Å². The standard InChI is InChI=1S/C11H16O4S/c1-5-6-7-16(13,14)8-10(4)15-11(12)9(2)3/h5-7,10H,1-2,8H2,3-4H3/b7-6+. The normalized spacial score (nSPS) is 13.4. The Labute approximate surface area is 96.2 Å². The molecule has 4 nitrogen and oxygen atoms in total. The number of esters is 1. The number of carbonyl (C=O) groups is 1. The molecule has 0 aliphatic heterocycles. The molecule has 0 bridgehead atoms. The van der Waals surface area contributed by atoms with E-state index in [9.17, 15) is 13.2 Å². The van der Waals surface area contributed by atoms with Gasteiger partial charge in [0, 0.05) is 11.0 Å². The first kappa shape index (κ1) is 14.6. The van der Waals surface area contributed by atoms with E-state index in [2.05, 4.69) is 13.2 Å². The van der Waals surface area contributed by atoms with Crippen LogP contribution in [0.25, 0.3) is 0 Å². The van der Waals surface area contributed by atoms with E-state index in [0.29, 0.717) is 0 Å². The fourth-order valence-electron chi connectivity index (χ4n) is 0.875. The van der Waals surface area contributed by atoms with E-state index >= 15 is 0 Å². The van der Waals surface area contributed by atoms with Gasteiger partial charge in [0.1, 0.15) is 6.10 Å². The third-order valence-electron chi connectivity index (χ3n) is 1.55. The molecular weight excluding hydrogens is 228 g/mol. The molecule has 0 heterocycles. The molecule has 0 radical (unpaired) electrons. The highest BCUT2D eigenvalue weighted by Gasteiger charge is 2.16. The lowest BCUT2D eigenvalue weighted by Crippen LogP contribution is -2.23. The number of rotatable bonds is 6. The highest BCUT2D eigenvalue weighted by molar-refractivity contribution is 7.94. The maximum atomic E-state index is 11.4. The number of carbonyl (C=O) groups excluding carboxylic acids is 1. The van der Waals surface area contributed by atoms with Gasteiger partial charge in [-0.15, -0.1) is 0 Å². The van der Waals surface area contributed by atoms with Gasteiger partial charge in [-0.1, -0.05) is 25.3 Å². The number of hydrogen-bond acceptors (Lipinski definition) is 4. The second kappa shape index (κ2) is 6.27. The van der Waals surface area contributed by atoms with Crippen LogP contribution >= 0.6 is 0 Å². The van der Waals surface area contributed by atoms with Crippen LogP contribution in [0.2, 0.25) is 0 Å². The van der Waals surface area contributed by atoms with Crippen molar-refractivity contribution in [3.8, 4) is 0 Å². The molecule has 0 amide bonds. The van der Waals surface area contributed by atoms with Gasteiger partial charge in [0.2, 0.25) is 0 Å². The molecular formula is C11H16O4S. The molecule has 0 aliphatic carbocycles. The van der Waals surface area contributed by atoms with Crippen LogP contribution in [0.1, 0.15) is 13.8 Å². The van der Waals surface area contributed by atoms with Gasteiger partial charge >= 0.3 is 5.97 Å². The molecule has 0 saturated heterocycles. The van der Waals surface area contributed by atoms with E-state index < -0.39 is 21.9 Å². The molecule has 0 aromatic carbocycles. The van der Waals surface area contributed by atoms with Crippen molar-refractivity contribution in [2.24, 2.45) is 0 Å². The van der Waals surface area contributed by atoms with Gasteiger partial charge in [0.05, 0.1) is 5.75 Å². The second-order valence-electron chi connectivity index (χ2n) is 3.39. The second-order valence-corrected chi connectivity index (χ2v) is 5.32. The molecule has 0 N–H and O–H groups in total. The van der Waals surface area contributed by atoms with E-state index in [0.717, 1.165) is 5.41 Å². The Bertz CT molecular complexity index is 404. The Morgan fingerprint density at radius 2 is 2.06 bits per heavy atom. The molecule has 5 heteroatoms. The third-order valence-corrected chi connectivity index (χ3v) is 3.05. The van der Waals surface area contributed by atoms with Crippen LogP contribution in [0, 0.1) is 0 Å². The van der Waals surface area contributed by atoms with Crippen LogP contribution in [0.3, 0.4) is 0 Å². The van der Waals surface area contributed by atoms with Crippen LogP contribution < -0.4 is 0 Å². The lowest BCUT2D eigenvalue weighted by atomic mass is 10.3. The van der Waals surface area contributed by atoms with Gasteiger partial charge < -0.3 is 4.74 Å². The number of allylic oxidation sites excluding steroid dienone is 2. The van der Waals surface area contributed by atoms with Crippen LogP contribution in [-0.2, 0) is 19.4 Å². The van der Waals surface area contributed by atoms with Crippen molar-refractivity contribution < 1.29 is 17.9 Å². The summed E-state index contributed by atoms with van der Waals surface area (Å²) in [6.45, 7) is 9.78. The summed E-state index contributed by atoms with van der Waals surface area (Å²) in [7, 11) is -3.37. The lowest BCUT2D eigenvalue weighted by molar-refractivity contribution is -0.142. The topological polar surface area (TPSA) is 60.4 Å². The largest absolute Gasteiger partial charge is 0.458 e. The van der Waals surface area contributed by atoms with Crippen molar-refractivity contribution >= 4 is 15.8 Å². The van der Waals surface area contributed by atoms with Crippen molar-refractivity contribution in [2.45, 2.75) is 20.0 Å². The van der Waals surface area contributed by atoms with E-state index in [1.165, 1.54) is 26.0 Å². The van der Waals surface area contributed by atoms with Crippen LogP contribution in [0.15, 0.2) is 36.3 Å². The highest BCUT2D eigenvalue weighted by Crippen LogP contribution is 2.03. The molecule has 1 atom stereocenters. The number of ether oxygens (including phenoxy) is 1. The average Bonchev–Trinajstić information content (AvgIpc) is 2.13. The quantitative estimate of drug-likeness (QED) is 0.404. The van der Waals surface area contributed by atoms with Gasteiger partial charge in [0.15, 0.2) is 9.84 Å². The molecule has 0 rings (SSSR count). The van der Waals surface area contributed by atoms with Gasteiger partial charge in [0.25, 0.3) is 0 Å². The zero-order valence-electron chi connectivity index (χ0n) is 9.47. The Balaban J connectivity index is 4.40. The van der Waals surface area contributed by atoms with E-state index in [-0.39, 0.29) is 11.3 Å². The maximum absolute atomic E-state index is 11.4. The Morgan fingerprint density at radius 1 is 1.50 bits per heavy atom. The van der Waals surface area contributed by atoms with Crippen molar-refractivity contribution in [1.82, 2.24) is 0 Å². The molecule has 90 valence electrons. The van der Waals surface area contributed by atoms with Crippen LogP contribution in [0.5, 0.6) is 0 Å². The van der Waals surface area contributed by atoms with E-state index in [1.807, 2.05) is 0 Å². The summed E-state index contributed by atoms with van der Waals surface area (Å²) in [6.07, 6.45) is 1.98. The summed E-state index contributed by atoms with van der Waals surface area (Å²) in [4.78, 5) is 11.1. The summed E-state index contributed by atoms with van der Waals surface area (Å²) in [5.74, 6) is -0.841. The predicted octanol–water partition coefficient (Wildman–Crippen LogP) is 1.61. The van der Waals surface area contributed by atoms with Crippen molar-refractivity contribution in [3.05, 3.63) is 36.3 Å². The smallest absolute Gasteiger partial charge is 0.333 e. The average molecular weight is 244 g/mol. The van der Waals surface area contributed by atoms with Crippen LogP contribution in [-0.4, -0.2) is 26.2 Å². The Hall–Kier alpha value is -1.36. The van der Waals surface area contributed by atoms with Crippen molar-refractivity contribution in [2.75, 3.05) is 5.75 Å². The first-order valence-electron chi connectivity index (χ1n) is 4.67. The first-order valence-corrected chi connectivity index (χ1v) is 6.38. The number of hydrogen-bond donors (Lipinski definition) is 0. The fourth-order valence-corrected chi connectivity index (χ4v) is 2.06. The molecule has 0 spiro atoms. The molecule has 0 fully saturated rings. The molecule has 0 aromatic rings. The summed E-state index contributed by atoms with van der Waals surface area (Å²) in [6, 6.07) is 0. The lowest BCUT2D eigenvalue weighted by Gasteiger charge is -2.11. The van der Waals surface area contributed by atoms with Gasteiger partial charge in [-0.3, -0.25) is 0 Å². The SMILES string of the molecule is C=C/C=C/S(=O)(=O)CC(C)OC(=O)C(=C)C. The minimum absolute atomic E-state index is 0.242. The van der Waals surface area contributed by atoms with E-state index in [1.54, 1.807) is 0 Å². The summed E-state index contributed by atoms with van der Waals surface area (Å²) in [5, 5.41) is 1.03. The fraction of sp³-hybridized carbons (Fsp3) is 0.364. The van der Waals surface area contributed by atoms with Gasteiger partial charge in [-0.05, 0) is 13.8 Å². The summed E-state index contributed by atoms with van der Waals surface area (Å²) >= 11 is 0. The maximum Gasteiger partial charge on any atom is 0.333 e. The summed E-state index contributed by atoms with van der Waals surface area (Å²) < 4.78 is 27.7. The predicted molar refractivity (Wildman–Crippen MR) is 63.5 cm³/mol. The first-order chi connectivity index (χ1) is 7.28. The molecule has 0 aromatic heterocycles. The van der Waals surface area contributed by atoms with Crippen LogP contribution in [0.4, 0.5) is 0 Å². The highest BCUT2D eigenvalue weighted by atomic mass is 32.2. The molecule has 1 unspecified atom stereocenters. The monoisotopic (exact) mass is 244 g/mol. The van der Waals surface area contributed by atoms with Crippen molar-refractivity contribution in [1.29, 1.82) is 0 Å². The zero-order chi connectivity index (χ0) is 12.8. The summed E-state index contributed by atoms with van der Waals surface area (Å²) in [5.41, 5.74) is 0.242. The van der Waals surface area contributed by atoms with Gasteiger partial charge in [-0.2, -0.15) is 0 Å². The number of sulfone groups is 1. The van der Waals surface area contributed by atoms with E-state index in [4.69, 9.17) is 4.74 Å². The zero-order valence-corrected chi connectivity index (χ0v) is 10.3.